The number of hydrogen-bond donors (Lipinski definition) is 1. The van der Waals surface area contributed by atoms with Crippen LogP contribution in [-0.2, 0) is 9.59 Å². The van der Waals surface area contributed by atoms with Crippen molar-refractivity contribution in [2.75, 3.05) is 13.1 Å². The summed E-state index contributed by atoms with van der Waals surface area (Å²) < 4.78 is 0. The molecule has 1 atom stereocenters. The van der Waals surface area contributed by atoms with Crippen molar-refractivity contribution in [1.82, 2.24) is 10.2 Å². The summed E-state index contributed by atoms with van der Waals surface area (Å²) in [5.41, 5.74) is -0.523. The number of amides is 2. The van der Waals surface area contributed by atoms with E-state index < -0.39 is 5.41 Å². The van der Waals surface area contributed by atoms with E-state index in [1.807, 2.05) is 20.8 Å². The molecule has 0 saturated carbocycles. The smallest absolute Gasteiger partial charge is 0.235 e. The molecule has 1 N–H and O–H groups in total. The highest BCUT2D eigenvalue weighted by Gasteiger charge is 2.45. The summed E-state index contributed by atoms with van der Waals surface area (Å²) >= 11 is 0. The Balaban J connectivity index is 2.73. The zero-order chi connectivity index (χ0) is 13.2. The van der Waals surface area contributed by atoms with Crippen molar-refractivity contribution < 1.29 is 9.59 Å². The lowest BCUT2D eigenvalue weighted by Crippen LogP contribution is -2.47. The first-order chi connectivity index (χ1) is 7.79. The van der Waals surface area contributed by atoms with E-state index in [1.165, 1.54) is 4.90 Å². The Hall–Kier alpha value is -0.900. The van der Waals surface area contributed by atoms with Crippen LogP contribution >= 0.6 is 0 Å². The third kappa shape index (κ3) is 3.06. The fraction of sp³-hybridized carbons (Fsp3) is 0.846. The van der Waals surface area contributed by atoms with Crippen LogP contribution in [0.15, 0.2) is 0 Å². The van der Waals surface area contributed by atoms with Gasteiger partial charge in [0.15, 0.2) is 0 Å². The normalized spacial score (nSPS) is 21.4. The zero-order valence-electron chi connectivity index (χ0n) is 11.5. The second kappa shape index (κ2) is 5.17. The van der Waals surface area contributed by atoms with Gasteiger partial charge in [-0.1, -0.05) is 34.6 Å². The molecule has 1 rings (SSSR count). The van der Waals surface area contributed by atoms with Crippen LogP contribution in [-0.4, -0.2) is 35.8 Å². The Morgan fingerprint density at radius 2 is 1.94 bits per heavy atom. The first kappa shape index (κ1) is 14.2. The molecule has 0 bridgehead atoms. The van der Waals surface area contributed by atoms with Crippen molar-refractivity contribution in [1.29, 1.82) is 0 Å². The molecular formula is C13H24N2O2. The second-order valence-electron chi connectivity index (χ2n) is 5.78. The van der Waals surface area contributed by atoms with Crippen molar-refractivity contribution in [3.8, 4) is 0 Å². The number of imide groups is 1. The first-order valence-electron chi connectivity index (χ1n) is 6.37. The van der Waals surface area contributed by atoms with E-state index >= 15 is 0 Å². The van der Waals surface area contributed by atoms with Gasteiger partial charge in [-0.05, 0) is 12.5 Å². The number of likely N-dealkylation sites (N-methyl/N-ethyl adjacent to an activating group) is 1. The van der Waals surface area contributed by atoms with Gasteiger partial charge in [-0.15, -0.1) is 0 Å². The standard InChI is InChI=1S/C13H24N2O2/c1-6-14-10(9(2)3)8-15-11(16)7-13(4,5)12(15)17/h9-10,14H,6-8H2,1-5H3. The monoisotopic (exact) mass is 240 g/mol. The molecule has 0 aromatic carbocycles. The van der Waals surface area contributed by atoms with Crippen molar-refractivity contribution >= 4 is 11.8 Å². The van der Waals surface area contributed by atoms with E-state index in [9.17, 15) is 9.59 Å². The highest BCUT2D eigenvalue weighted by molar-refractivity contribution is 6.05. The quantitative estimate of drug-likeness (QED) is 0.739. The summed E-state index contributed by atoms with van der Waals surface area (Å²) in [6.07, 6.45) is 0.336. The van der Waals surface area contributed by atoms with Gasteiger partial charge < -0.3 is 5.32 Å². The average molecular weight is 240 g/mol. The SMILES string of the molecule is CCNC(CN1C(=O)CC(C)(C)C1=O)C(C)C. The van der Waals surface area contributed by atoms with Crippen LogP contribution < -0.4 is 5.32 Å². The summed E-state index contributed by atoms with van der Waals surface area (Å²) in [5, 5.41) is 3.33. The molecular weight excluding hydrogens is 216 g/mol. The second-order valence-corrected chi connectivity index (χ2v) is 5.78. The third-order valence-electron chi connectivity index (χ3n) is 3.37. The summed E-state index contributed by atoms with van der Waals surface area (Å²) in [4.78, 5) is 25.3. The molecule has 0 aliphatic carbocycles. The van der Waals surface area contributed by atoms with Gasteiger partial charge in [-0.25, -0.2) is 0 Å². The number of carbonyl (C=O) groups excluding carboxylic acids is 2. The van der Waals surface area contributed by atoms with E-state index in [1.54, 1.807) is 0 Å². The van der Waals surface area contributed by atoms with Gasteiger partial charge in [0.2, 0.25) is 11.8 Å². The lowest BCUT2D eigenvalue weighted by atomic mass is 9.92. The number of rotatable bonds is 5. The Morgan fingerprint density at radius 1 is 1.35 bits per heavy atom. The maximum atomic E-state index is 12.1. The molecule has 0 aromatic heterocycles. The zero-order valence-corrected chi connectivity index (χ0v) is 11.5. The number of likely N-dealkylation sites (tertiary alicyclic amines) is 1. The topological polar surface area (TPSA) is 49.4 Å². The van der Waals surface area contributed by atoms with Crippen LogP contribution in [0.1, 0.15) is 41.0 Å². The molecule has 1 aliphatic heterocycles. The van der Waals surface area contributed by atoms with Crippen molar-refractivity contribution in [2.24, 2.45) is 11.3 Å². The molecule has 98 valence electrons. The van der Waals surface area contributed by atoms with Crippen molar-refractivity contribution in [3.05, 3.63) is 0 Å². The van der Waals surface area contributed by atoms with Gasteiger partial charge >= 0.3 is 0 Å². The van der Waals surface area contributed by atoms with E-state index in [0.717, 1.165) is 6.54 Å². The predicted molar refractivity (Wildman–Crippen MR) is 67.4 cm³/mol. The molecule has 1 aliphatic rings. The molecule has 17 heavy (non-hydrogen) atoms. The molecule has 1 heterocycles. The summed E-state index contributed by atoms with van der Waals surface area (Å²) in [5.74, 6) is 0.328. The lowest BCUT2D eigenvalue weighted by Gasteiger charge is -2.27. The lowest BCUT2D eigenvalue weighted by molar-refractivity contribution is -0.141. The van der Waals surface area contributed by atoms with Crippen molar-refractivity contribution in [3.63, 3.8) is 0 Å². The third-order valence-corrected chi connectivity index (χ3v) is 3.37. The Morgan fingerprint density at radius 3 is 2.29 bits per heavy atom. The Bertz CT molecular complexity index is 311. The van der Waals surface area contributed by atoms with Gasteiger partial charge in [-0.2, -0.15) is 0 Å². The minimum absolute atomic E-state index is 0.0361. The molecule has 1 saturated heterocycles. The van der Waals surface area contributed by atoms with Gasteiger partial charge in [0, 0.05) is 19.0 Å². The minimum Gasteiger partial charge on any atom is -0.312 e. The largest absolute Gasteiger partial charge is 0.312 e. The Labute approximate surface area is 104 Å². The summed E-state index contributed by atoms with van der Waals surface area (Å²) in [7, 11) is 0. The van der Waals surface area contributed by atoms with Crippen LogP contribution in [0.4, 0.5) is 0 Å². The molecule has 1 unspecified atom stereocenters. The van der Waals surface area contributed by atoms with Crippen molar-refractivity contribution in [2.45, 2.75) is 47.1 Å². The molecule has 0 radical (unpaired) electrons. The van der Waals surface area contributed by atoms with Gasteiger partial charge in [-0.3, -0.25) is 14.5 Å². The van der Waals surface area contributed by atoms with Crippen LogP contribution in [0.2, 0.25) is 0 Å². The van der Waals surface area contributed by atoms with Crippen LogP contribution in [0, 0.1) is 11.3 Å². The molecule has 2 amide bonds. The Kier molecular flexibility index (Phi) is 4.31. The van der Waals surface area contributed by atoms with Gasteiger partial charge in [0.1, 0.15) is 0 Å². The van der Waals surface area contributed by atoms with Crippen LogP contribution in [0.25, 0.3) is 0 Å². The fourth-order valence-corrected chi connectivity index (χ4v) is 2.18. The van der Waals surface area contributed by atoms with Gasteiger partial charge in [0.25, 0.3) is 0 Å². The molecule has 4 nitrogen and oxygen atoms in total. The van der Waals surface area contributed by atoms with Crippen LogP contribution in [0.5, 0.6) is 0 Å². The van der Waals surface area contributed by atoms with Gasteiger partial charge in [0.05, 0.1) is 5.41 Å². The molecule has 4 heteroatoms. The maximum absolute atomic E-state index is 12.1. The average Bonchev–Trinajstić information content (AvgIpc) is 2.39. The summed E-state index contributed by atoms with van der Waals surface area (Å²) in [6, 6.07) is 0.182. The van der Waals surface area contributed by atoms with E-state index in [2.05, 4.69) is 19.2 Å². The van der Waals surface area contributed by atoms with E-state index in [4.69, 9.17) is 0 Å². The van der Waals surface area contributed by atoms with E-state index in [0.29, 0.717) is 18.9 Å². The van der Waals surface area contributed by atoms with E-state index in [-0.39, 0.29) is 17.9 Å². The highest BCUT2D eigenvalue weighted by Crippen LogP contribution is 2.31. The fourth-order valence-electron chi connectivity index (χ4n) is 2.18. The predicted octanol–water partition coefficient (Wildman–Crippen LogP) is 1.41. The highest BCUT2D eigenvalue weighted by atomic mass is 16.2. The molecule has 0 spiro atoms. The number of hydrogen-bond acceptors (Lipinski definition) is 3. The maximum Gasteiger partial charge on any atom is 0.235 e. The number of nitrogens with one attached hydrogen (secondary N) is 1. The molecule has 0 aromatic rings. The first-order valence-corrected chi connectivity index (χ1v) is 6.37. The minimum atomic E-state index is -0.523. The molecule has 1 fully saturated rings. The summed E-state index contributed by atoms with van der Waals surface area (Å²) in [6.45, 7) is 11.3. The number of carbonyl (C=O) groups is 2. The van der Waals surface area contributed by atoms with Crippen LogP contribution in [0.3, 0.4) is 0 Å². The number of nitrogens with zero attached hydrogens (tertiary/aromatic N) is 1.